The van der Waals surface area contributed by atoms with Crippen LogP contribution < -0.4 is 0 Å². The van der Waals surface area contributed by atoms with Gasteiger partial charge >= 0.3 is 98.5 Å². The van der Waals surface area contributed by atoms with Gasteiger partial charge in [0.15, 0.2) is 0 Å². The molecule has 1 radical (unpaired) electrons. The van der Waals surface area contributed by atoms with Gasteiger partial charge < -0.3 is 0 Å². The van der Waals surface area contributed by atoms with Crippen LogP contribution in [0.5, 0.6) is 5.75 Å². The molecule has 0 amide bonds. The normalized spacial score (nSPS) is 20.7. The molecule has 0 spiro atoms. The molecule has 1 aliphatic carbocycles. The molecule has 0 aliphatic heterocycles. The molecule has 0 aromatic heterocycles. The number of fused-ring (bicyclic) bond motifs is 1. The van der Waals surface area contributed by atoms with Crippen LogP contribution in [0.3, 0.4) is 0 Å². The van der Waals surface area contributed by atoms with Crippen molar-refractivity contribution in [3.8, 4) is 5.75 Å². The first-order valence-corrected chi connectivity index (χ1v) is 8.18. The third-order valence-electron chi connectivity index (χ3n) is 3.04. The molecule has 1 N–H and O–H groups in total. The van der Waals surface area contributed by atoms with E-state index in [2.05, 4.69) is 13.0 Å². The fourth-order valence-electron chi connectivity index (χ4n) is 2.24. The second-order valence-corrected chi connectivity index (χ2v) is 7.45. The third kappa shape index (κ3) is 2.58. The molecular formula is C13H18AsO. The van der Waals surface area contributed by atoms with E-state index in [4.69, 9.17) is 0 Å². The Kier molecular flexibility index (Phi) is 3.75. The Morgan fingerprint density at radius 3 is 3.13 bits per heavy atom. The molecule has 1 aromatic rings. The van der Waals surface area contributed by atoms with Gasteiger partial charge in [0.2, 0.25) is 0 Å². The third-order valence-corrected chi connectivity index (χ3v) is 6.53. The Hall–Kier alpha value is -0.422. The van der Waals surface area contributed by atoms with Gasteiger partial charge in [-0.15, -0.1) is 0 Å². The van der Waals surface area contributed by atoms with Crippen LogP contribution in [0.15, 0.2) is 18.2 Å². The summed E-state index contributed by atoms with van der Waals surface area (Å²) >= 11 is 0.529. The monoisotopic (exact) mass is 265 g/mol. The van der Waals surface area contributed by atoms with Crippen LogP contribution in [0.4, 0.5) is 0 Å². The number of hydrogen-bond acceptors (Lipinski definition) is 1. The van der Waals surface area contributed by atoms with Gasteiger partial charge in [0.05, 0.1) is 0 Å². The average Bonchev–Trinajstić information content (AvgIpc) is 2.26. The summed E-state index contributed by atoms with van der Waals surface area (Å²) in [5.41, 5.74) is 2.61. The van der Waals surface area contributed by atoms with Gasteiger partial charge in [-0.2, -0.15) is 0 Å². The number of phenolic OH excluding ortho intramolecular Hbond substituents is 1. The van der Waals surface area contributed by atoms with Crippen LogP contribution >= 0.6 is 0 Å². The van der Waals surface area contributed by atoms with Crippen molar-refractivity contribution in [2.24, 2.45) is 0 Å². The predicted molar refractivity (Wildman–Crippen MR) is 64.7 cm³/mol. The van der Waals surface area contributed by atoms with E-state index in [1.54, 1.807) is 0 Å². The molecule has 0 fully saturated rings. The maximum absolute atomic E-state index is 9.73. The summed E-state index contributed by atoms with van der Waals surface area (Å²) in [5.74, 6) is 0.512. The van der Waals surface area contributed by atoms with Crippen molar-refractivity contribution in [3.63, 3.8) is 0 Å². The first-order chi connectivity index (χ1) is 7.31. The van der Waals surface area contributed by atoms with Gasteiger partial charge in [0.25, 0.3) is 0 Å². The molecule has 1 aromatic carbocycles. The van der Waals surface area contributed by atoms with E-state index in [9.17, 15) is 5.11 Å². The minimum absolute atomic E-state index is 0.512. The topological polar surface area (TPSA) is 20.2 Å². The van der Waals surface area contributed by atoms with Crippen molar-refractivity contribution in [1.29, 1.82) is 0 Å². The van der Waals surface area contributed by atoms with Gasteiger partial charge in [-0.25, -0.2) is 0 Å². The molecule has 0 heterocycles. The summed E-state index contributed by atoms with van der Waals surface area (Å²) in [7, 11) is 0. The van der Waals surface area contributed by atoms with Crippen molar-refractivity contribution in [3.05, 3.63) is 29.3 Å². The van der Waals surface area contributed by atoms with Crippen molar-refractivity contribution >= 4 is 15.8 Å². The van der Waals surface area contributed by atoms with Crippen LogP contribution in [-0.4, -0.2) is 20.9 Å². The molecule has 0 saturated heterocycles. The number of benzene rings is 1. The first kappa shape index (κ1) is 11.1. The fraction of sp³-hybridized carbons (Fsp3) is 0.538. The van der Waals surface area contributed by atoms with E-state index >= 15 is 0 Å². The van der Waals surface area contributed by atoms with Crippen LogP contribution in [0.1, 0.15) is 30.9 Å². The van der Waals surface area contributed by atoms with Crippen LogP contribution in [0.2, 0.25) is 9.91 Å². The molecule has 0 saturated carbocycles. The fourth-order valence-corrected chi connectivity index (χ4v) is 4.88. The summed E-state index contributed by atoms with van der Waals surface area (Å²) in [6, 6.07) is 5.99. The summed E-state index contributed by atoms with van der Waals surface area (Å²) in [6.45, 7) is 2.28. The van der Waals surface area contributed by atoms with Crippen molar-refractivity contribution < 1.29 is 5.11 Å². The SMILES string of the molecule is CCC[As][C@H]1CCc2c(O)cccc2C1. The number of phenols is 1. The molecule has 0 unspecified atom stereocenters. The second-order valence-electron chi connectivity index (χ2n) is 4.22. The molecule has 1 nitrogen and oxygen atoms in total. The maximum atomic E-state index is 9.73. The molecule has 2 rings (SSSR count). The van der Waals surface area contributed by atoms with Crippen molar-refractivity contribution in [1.82, 2.24) is 0 Å². The zero-order valence-electron chi connectivity index (χ0n) is 9.24. The van der Waals surface area contributed by atoms with E-state index in [-0.39, 0.29) is 0 Å². The number of rotatable bonds is 3. The molecular weight excluding hydrogens is 247 g/mol. The molecule has 2 heteroatoms. The Labute approximate surface area is 98.6 Å². The second kappa shape index (κ2) is 5.07. The van der Waals surface area contributed by atoms with Crippen molar-refractivity contribution in [2.75, 3.05) is 0 Å². The molecule has 15 heavy (non-hydrogen) atoms. The Morgan fingerprint density at radius 2 is 2.33 bits per heavy atom. The summed E-state index contributed by atoms with van der Waals surface area (Å²) in [5, 5.41) is 11.2. The Morgan fingerprint density at radius 1 is 1.47 bits per heavy atom. The van der Waals surface area contributed by atoms with Gasteiger partial charge in [-0.1, -0.05) is 0 Å². The number of aromatic hydroxyl groups is 1. The summed E-state index contributed by atoms with van der Waals surface area (Å²) < 4.78 is 0.940. The Bertz CT molecular complexity index is 335. The van der Waals surface area contributed by atoms with Crippen LogP contribution in [-0.2, 0) is 12.8 Å². The molecule has 81 valence electrons. The summed E-state index contributed by atoms with van der Waals surface area (Å²) in [6.07, 6.45) is 4.93. The van der Waals surface area contributed by atoms with Crippen LogP contribution in [0.25, 0.3) is 0 Å². The van der Waals surface area contributed by atoms with E-state index in [1.165, 1.54) is 35.6 Å². The Balaban J connectivity index is 2.07. The van der Waals surface area contributed by atoms with Gasteiger partial charge in [-0.3, -0.25) is 0 Å². The van der Waals surface area contributed by atoms with E-state index in [0.29, 0.717) is 21.5 Å². The van der Waals surface area contributed by atoms with E-state index in [1.807, 2.05) is 12.1 Å². The summed E-state index contributed by atoms with van der Waals surface area (Å²) in [4.78, 5) is 0. The van der Waals surface area contributed by atoms with Crippen molar-refractivity contribution in [2.45, 2.75) is 42.5 Å². The predicted octanol–water partition coefficient (Wildman–Crippen LogP) is 3.20. The molecule has 1 atom stereocenters. The van der Waals surface area contributed by atoms with Gasteiger partial charge in [0, 0.05) is 0 Å². The number of hydrogen-bond donors (Lipinski definition) is 1. The van der Waals surface area contributed by atoms with E-state index in [0.717, 1.165) is 11.1 Å². The zero-order valence-corrected chi connectivity index (χ0v) is 11.1. The molecule has 0 bridgehead atoms. The van der Waals surface area contributed by atoms with E-state index < -0.39 is 0 Å². The minimum atomic E-state index is 0.512. The zero-order chi connectivity index (χ0) is 10.7. The van der Waals surface area contributed by atoms with Gasteiger partial charge in [-0.05, 0) is 0 Å². The van der Waals surface area contributed by atoms with Crippen LogP contribution in [0, 0.1) is 0 Å². The average molecular weight is 265 g/mol. The molecule has 1 aliphatic rings. The standard InChI is InChI=1S/C13H18AsO/c1-2-8-14-11-6-7-12-10(9-11)4-3-5-13(12)15/h3-5,11,15H,2,6-9H2,1H3/t11-/m0/s1. The quantitative estimate of drug-likeness (QED) is 0.832. The first-order valence-electron chi connectivity index (χ1n) is 5.77. The van der Waals surface area contributed by atoms with Gasteiger partial charge in [0.1, 0.15) is 0 Å².